The van der Waals surface area contributed by atoms with Crippen molar-refractivity contribution in [2.45, 2.75) is 19.9 Å². The Morgan fingerprint density at radius 3 is 2.74 bits per heavy atom. The molecule has 0 aromatic heterocycles. The van der Waals surface area contributed by atoms with Gasteiger partial charge in [-0.25, -0.2) is 4.79 Å². The molecule has 0 aliphatic carbocycles. The van der Waals surface area contributed by atoms with Gasteiger partial charge in [-0.05, 0) is 25.0 Å². The molecule has 0 radical (unpaired) electrons. The number of benzene rings is 1. The fraction of sp³-hybridized carbons (Fsp3) is 0.333. The molecule has 3 rings (SSSR count). The Morgan fingerprint density at radius 1 is 1.35 bits per heavy atom. The van der Waals surface area contributed by atoms with E-state index in [1.54, 1.807) is 18.0 Å². The predicted octanol–water partition coefficient (Wildman–Crippen LogP) is 2.28. The molecule has 1 aromatic carbocycles. The Kier molecular flexibility index (Phi) is 3.72. The summed E-state index contributed by atoms with van der Waals surface area (Å²) >= 11 is 0. The second-order valence-corrected chi connectivity index (χ2v) is 6.14. The first-order chi connectivity index (χ1) is 10.9. The van der Waals surface area contributed by atoms with E-state index in [4.69, 9.17) is 0 Å². The van der Waals surface area contributed by atoms with E-state index in [9.17, 15) is 9.59 Å². The molecule has 3 amide bonds. The number of urea groups is 1. The second-order valence-electron chi connectivity index (χ2n) is 6.14. The van der Waals surface area contributed by atoms with Crippen molar-refractivity contribution in [2.24, 2.45) is 0 Å². The number of carbonyl (C=O) groups is 2. The van der Waals surface area contributed by atoms with Gasteiger partial charge in [-0.3, -0.25) is 9.69 Å². The molecule has 0 saturated carbocycles. The molecule has 0 unspecified atom stereocenters. The third-order valence-corrected chi connectivity index (χ3v) is 4.52. The van der Waals surface area contributed by atoms with Crippen LogP contribution in [-0.2, 0) is 4.79 Å². The summed E-state index contributed by atoms with van der Waals surface area (Å²) < 4.78 is 0. The van der Waals surface area contributed by atoms with Gasteiger partial charge in [0.1, 0.15) is 0 Å². The number of hydrogen-bond acceptors (Lipinski definition) is 2. The Morgan fingerprint density at radius 2 is 2.09 bits per heavy atom. The quantitative estimate of drug-likeness (QED) is 0.871. The molecule has 1 N–H and O–H groups in total. The number of rotatable bonds is 3. The zero-order chi connectivity index (χ0) is 16.7. The van der Waals surface area contributed by atoms with Gasteiger partial charge in [0.25, 0.3) is 5.91 Å². The first kappa shape index (κ1) is 15.3. The number of aryl methyl sites for hydroxylation is 2. The van der Waals surface area contributed by atoms with Gasteiger partial charge in [0.05, 0.1) is 23.9 Å². The second kappa shape index (κ2) is 5.57. The van der Waals surface area contributed by atoms with Crippen LogP contribution in [-0.4, -0.2) is 41.9 Å². The first-order valence-electron chi connectivity index (χ1n) is 7.68. The van der Waals surface area contributed by atoms with Crippen LogP contribution in [0.4, 0.5) is 4.79 Å². The van der Waals surface area contributed by atoms with Gasteiger partial charge < -0.3 is 10.2 Å². The number of amides is 3. The van der Waals surface area contributed by atoms with E-state index >= 15 is 0 Å². The molecule has 2 aliphatic heterocycles. The van der Waals surface area contributed by atoms with Crippen molar-refractivity contribution in [3.05, 3.63) is 58.8 Å². The van der Waals surface area contributed by atoms with E-state index in [-0.39, 0.29) is 11.9 Å². The van der Waals surface area contributed by atoms with Crippen LogP contribution in [0.5, 0.6) is 0 Å². The SMILES string of the molecule is C=CCN1CC2=C(C1=O)[C@H](c1ccc(C)cc1C)NC(=O)N2C. The number of hydrogen-bond donors (Lipinski definition) is 1. The molecule has 2 heterocycles. The molecule has 1 atom stereocenters. The van der Waals surface area contributed by atoms with Gasteiger partial charge in [0.15, 0.2) is 0 Å². The molecule has 0 bridgehead atoms. The van der Waals surface area contributed by atoms with Crippen LogP contribution in [0, 0.1) is 13.8 Å². The Bertz CT molecular complexity index is 736. The highest BCUT2D eigenvalue weighted by molar-refractivity contribution is 6.01. The van der Waals surface area contributed by atoms with E-state index in [0.29, 0.717) is 18.7 Å². The van der Waals surface area contributed by atoms with Crippen LogP contribution in [0.3, 0.4) is 0 Å². The van der Waals surface area contributed by atoms with Gasteiger partial charge in [-0.15, -0.1) is 6.58 Å². The zero-order valence-corrected chi connectivity index (χ0v) is 13.7. The number of nitrogens with zero attached hydrogens (tertiary/aromatic N) is 2. The van der Waals surface area contributed by atoms with Gasteiger partial charge in [-0.2, -0.15) is 0 Å². The molecule has 0 fully saturated rings. The molecule has 0 saturated heterocycles. The third kappa shape index (κ3) is 2.42. The summed E-state index contributed by atoms with van der Waals surface area (Å²) in [5, 5.41) is 2.96. The van der Waals surface area contributed by atoms with Crippen LogP contribution >= 0.6 is 0 Å². The Labute approximate surface area is 136 Å². The maximum atomic E-state index is 12.8. The van der Waals surface area contributed by atoms with Crippen LogP contribution in [0.15, 0.2) is 42.1 Å². The summed E-state index contributed by atoms with van der Waals surface area (Å²) in [7, 11) is 1.70. The van der Waals surface area contributed by atoms with Crippen molar-refractivity contribution in [3.8, 4) is 0 Å². The van der Waals surface area contributed by atoms with Crippen molar-refractivity contribution >= 4 is 11.9 Å². The van der Waals surface area contributed by atoms with E-state index < -0.39 is 6.04 Å². The molecule has 120 valence electrons. The fourth-order valence-electron chi connectivity index (χ4n) is 3.31. The maximum absolute atomic E-state index is 12.8. The largest absolute Gasteiger partial charge is 0.329 e. The normalized spacial score (nSPS) is 20.7. The lowest BCUT2D eigenvalue weighted by Gasteiger charge is -2.31. The summed E-state index contributed by atoms with van der Waals surface area (Å²) in [6, 6.07) is 5.50. The van der Waals surface area contributed by atoms with E-state index in [2.05, 4.69) is 18.0 Å². The molecule has 5 heteroatoms. The minimum absolute atomic E-state index is 0.0308. The summed E-state index contributed by atoms with van der Waals surface area (Å²) in [5.74, 6) is -0.0308. The lowest BCUT2D eigenvalue weighted by molar-refractivity contribution is -0.125. The lowest BCUT2D eigenvalue weighted by Crippen LogP contribution is -2.45. The van der Waals surface area contributed by atoms with Crippen molar-refractivity contribution < 1.29 is 9.59 Å². The van der Waals surface area contributed by atoms with Crippen molar-refractivity contribution in [1.29, 1.82) is 0 Å². The highest BCUT2D eigenvalue weighted by Gasteiger charge is 2.42. The summed E-state index contributed by atoms with van der Waals surface area (Å²) in [5.41, 5.74) is 4.65. The minimum Gasteiger partial charge on any atom is -0.329 e. The van der Waals surface area contributed by atoms with E-state index in [1.807, 2.05) is 26.0 Å². The monoisotopic (exact) mass is 311 g/mol. The van der Waals surface area contributed by atoms with Gasteiger partial charge in [0.2, 0.25) is 0 Å². The molecule has 2 aliphatic rings. The smallest absolute Gasteiger partial charge is 0.322 e. The molecular formula is C18H21N3O2. The topological polar surface area (TPSA) is 52.7 Å². The standard InChI is InChI=1S/C18H21N3O2/c1-5-8-21-10-14-15(17(21)22)16(19-18(23)20(14)4)13-7-6-11(2)9-12(13)3/h5-7,9,16H,1,8,10H2,2-4H3,(H,19,23)/t16-/m0/s1. The Balaban J connectivity index is 2.08. The highest BCUT2D eigenvalue weighted by atomic mass is 16.2. The number of carbonyl (C=O) groups excluding carboxylic acids is 2. The maximum Gasteiger partial charge on any atom is 0.322 e. The molecule has 0 spiro atoms. The zero-order valence-electron chi connectivity index (χ0n) is 13.7. The molecular weight excluding hydrogens is 290 g/mol. The average molecular weight is 311 g/mol. The summed E-state index contributed by atoms with van der Waals surface area (Å²) in [6.07, 6.45) is 1.71. The third-order valence-electron chi connectivity index (χ3n) is 4.52. The molecule has 1 aromatic rings. The molecule has 5 nitrogen and oxygen atoms in total. The first-order valence-corrected chi connectivity index (χ1v) is 7.68. The van der Waals surface area contributed by atoms with Crippen molar-refractivity contribution in [1.82, 2.24) is 15.1 Å². The highest BCUT2D eigenvalue weighted by Crippen LogP contribution is 2.36. The Hall–Kier alpha value is -2.56. The number of likely N-dealkylation sites (N-methyl/N-ethyl adjacent to an activating group) is 1. The van der Waals surface area contributed by atoms with E-state index in [1.165, 1.54) is 4.90 Å². The average Bonchev–Trinajstić information content (AvgIpc) is 2.82. The van der Waals surface area contributed by atoms with Crippen LogP contribution in [0.1, 0.15) is 22.7 Å². The van der Waals surface area contributed by atoms with Crippen LogP contribution < -0.4 is 5.32 Å². The van der Waals surface area contributed by atoms with Crippen molar-refractivity contribution in [2.75, 3.05) is 20.1 Å². The van der Waals surface area contributed by atoms with Gasteiger partial charge in [-0.1, -0.05) is 29.8 Å². The lowest BCUT2D eigenvalue weighted by atomic mass is 9.91. The van der Waals surface area contributed by atoms with E-state index in [0.717, 1.165) is 22.4 Å². The number of nitrogens with one attached hydrogen (secondary N) is 1. The fourth-order valence-corrected chi connectivity index (χ4v) is 3.31. The predicted molar refractivity (Wildman–Crippen MR) is 88.8 cm³/mol. The van der Waals surface area contributed by atoms with Crippen LogP contribution in [0.25, 0.3) is 0 Å². The summed E-state index contributed by atoms with van der Waals surface area (Å²) in [6.45, 7) is 8.67. The van der Waals surface area contributed by atoms with Crippen molar-refractivity contribution in [3.63, 3.8) is 0 Å². The minimum atomic E-state index is -0.392. The van der Waals surface area contributed by atoms with Gasteiger partial charge in [0, 0.05) is 13.6 Å². The summed E-state index contributed by atoms with van der Waals surface area (Å²) in [4.78, 5) is 28.3. The molecule has 23 heavy (non-hydrogen) atoms. The van der Waals surface area contributed by atoms with Gasteiger partial charge >= 0.3 is 6.03 Å². The van der Waals surface area contributed by atoms with Crippen LogP contribution in [0.2, 0.25) is 0 Å².